The highest BCUT2D eigenvalue weighted by atomic mass is 16.5. The number of benzene rings is 2. The molecule has 0 saturated heterocycles. The Labute approximate surface area is 174 Å². The summed E-state index contributed by atoms with van der Waals surface area (Å²) in [6, 6.07) is 16.2. The highest BCUT2D eigenvalue weighted by Gasteiger charge is 2.18. The van der Waals surface area contributed by atoms with Crippen LogP contribution in [0.1, 0.15) is 37.2 Å². The Morgan fingerprint density at radius 2 is 1.83 bits per heavy atom. The van der Waals surface area contributed by atoms with E-state index >= 15 is 0 Å². The monoisotopic (exact) mass is 405 g/mol. The van der Waals surface area contributed by atoms with Crippen molar-refractivity contribution in [2.45, 2.75) is 26.8 Å². The van der Waals surface area contributed by atoms with Crippen LogP contribution in [0.5, 0.6) is 5.75 Å². The van der Waals surface area contributed by atoms with Crippen LogP contribution < -0.4 is 15.6 Å². The van der Waals surface area contributed by atoms with Crippen LogP contribution in [0.4, 0.5) is 5.69 Å². The molecule has 1 atom stereocenters. The van der Waals surface area contributed by atoms with Crippen LogP contribution in [0.15, 0.2) is 65.5 Å². The molecule has 0 saturated carbocycles. The van der Waals surface area contributed by atoms with Crippen molar-refractivity contribution in [3.05, 3.63) is 76.6 Å². The number of ketones is 1. The number of aromatic nitrogens is 2. The molecule has 1 amide bonds. The lowest BCUT2D eigenvalue weighted by Crippen LogP contribution is -2.33. The van der Waals surface area contributed by atoms with Crippen molar-refractivity contribution in [2.75, 3.05) is 11.9 Å². The van der Waals surface area contributed by atoms with Gasteiger partial charge in [0.05, 0.1) is 12.3 Å². The fourth-order valence-electron chi connectivity index (χ4n) is 2.92. The molecule has 0 radical (unpaired) electrons. The van der Waals surface area contributed by atoms with Crippen molar-refractivity contribution in [3.8, 4) is 17.0 Å². The number of nitrogens with zero attached hydrogens (tertiary/aromatic N) is 2. The van der Waals surface area contributed by atoms with E-state index < -0.39 is 11.9 Å². The number of carbonyl (C=O) groups is 2. The van der Waals surface area contributed by atoms with E-state index in [-0.39, 0.29) is 11.3 Å². The van der Waals surface area contributed by atoms with Crippen LogP contribution in [-0.4, -0.2) is 28.1 Å². The molecule has 7 nitrogen and oxygen atoms in total. The van der Waals surface area contributed by atoms with E-state index in [9.17, 15) is 14.4 Å². The predicted molar refractivity (Wildman–Crippen MR) is 115 cm³/mol. The van der Waals surface area contributed by atoms with Crippen molar-refractivity contribution < 1.29 is 14.3 Å². The Kier molecular flexibility index (Phi) is 6.41. The van der Waals surface area contributed by atoms with Gasteiger partial charge in [0.15, 0.2) is 5.78 Å². The first-order valence-corrected chi connectivity index (χ1v) is 9.64. The quantitative estimate of drug-likeness (QED) is 0.605. The molecule has 3 rings (SSSR count). The molecule has 1 unspecified atom stereocenters. The molecule has 3 aromatic rings. The zero-order valence-electron chi connectivity index (χ0n) is 17.1. The molecule has 0 bridgehead atoms. The predicted octanol–water partition coefficient (Wildman–Crippen LogP) is 3.71. The molecule has 1 heterocycles. The van der Waals surface area contributed by atoms with Gasteiger partial charge < -0.3 is 10.1 Å². The Bertz CT molecular complexity index is 1120. The maximum absolute atomic E-state index is 12.7. The molecular weight excluding hydrogens is 382 g/mol. The van der Waals surface area contributed by atoms with E-state index in [1.807, 2.05) is 31.2 Å². The maximum Gasteiger partial charge on any atom is 0.267 e. The molecule has 0 aliphatic carbocycles. The van der Waals surface area contributed by atoms with E-state index in [0.29, 0.717) is 23.6 Å². The molecule has 0 aliphatic rings. The van der Waals surface area contributed by atoms with Gasteiger partial charge in [-0.1, -0.05) is 12.1 Å². The summed E-state index contributed by atoms with van der Waals surface area (Å²) in [4.78, 5) is 36.6. The highest BCUT2D eigenvalue weighted by Crippen LogP contribution is 2.21. The molecule has 30 heavy (non-hydrogen) atoms. The lowest BCUT2D eigenvalue weighted by atomic mass is 10.1. The van der Waals surface area contributed by atoms with Gasteiger partial charge in [-0.2, -0.15) is 5.10 Å². The molecule has 1 aromatic heterocycles. The number of nitrogens with one attached hydrogen (secondary N) is 1. The Morgan fingerprint density at radius 1 is 1.10 bits per heavy atom. The van der Waals surface area contributed by atoms with Gasteiger partial charge in [0.1, 0.15) is 11.8 Å². The number of amides is 1. The molecular formula is C23H23N3O4. The van der Waals surface area contributed by atoms with Gasteiger partial charge in [-0.25, -0.2) is 4.68 Å². The minimum absolute atomic E-state index is 0.0971. The molecule has 0 aliphatic heterocycles. The van der Waals surface area contributed by atoms with Crippen LogP contribution in [0.2, 0.25) is 0 Å². The number of ether oxygens (including phenoxy) is 1. The Morgan fingerprint density at radius 3 is 2.50 bits per heavy atom. The normalized spacial score (nSPS) is 11.6. The van der Waals surface area contributed by atoms with E-state index in [2.05, 4.69) is 10.4 Å². The van der Waals surface area contributed by atoms with Crippen LogP contribution in [0, 0.1) is 0 Å². The minimum Gasteiger partial charge on any atom is -0.494 e. The Hall–Kier alpha value is -3.74. The zero-order valence-corrected chi connectivity index (χ0v) is 17.1. The van der Waals surface area contributed by atoms with Crippen molar-refractivity contribution in [2.24, 2.45) is 0 Å². The van der Waals surface area contributed by atoms with Crippen LogP contribution >= 0.6 is 0 Å². The average Bonchev–Trinajstić information content (AvgIpc) is 2.74. The van der Waals surface area contributed by atoms with Crippen LogP contribution in [-0.2, 0) is 4.79 Å². The third-order valence-corrected chi connectivity index (χ3v) is 4.57. The van der Waals surface area contributed by atoms with E-state index in [1.54, 1.807) is 37.3 Å². The second kappa shape index (κ2) is 9.17. The van der Waals surface area contributed by atoms with Gasteiger partial charge in [-0.15, -0.1) is 0 Å². The summed E-state index contributed by atoms with van der Waals surface area (Å²) in [5.74, 6) is 0.240. The summed E-state index contributed by atoms with van der Waals surface area (Å²) >= 11 is 0. The summed E-state index contributed by atoms with van der Waals surface area (Å²) < 4.78 is 6.59. The van der Waals surface area contributed by atoms with E-state index in [0.717, 1.165) is 16.0 Å². The molecule has 2 aromatic carbocycles. The van der Waals surface area contributed by atoms with Crippen molar-refractivity contribution in [1.82, 2.24) is 9.78 Å². The van der Waals surface area contributed by atoms with Gasteiger partial charge in [0, 0.05) is 22.9 Å². The number of Topliss-reactive ketones (excluding diaryl/α,β-unsaturated/α-hetero) is 1. The highest BCUT2D eigenvalue weighted by molar-refractivity contribution is 5.97. The first kappa shape index (κ1) is 21.0. The lowest BCUT2D eigenvalue weighted by molar-refractivity contribution is -0.119. The summed E-state index contributed by atoms with van der Waals surface area (Å²) in [7, 11) is 0. The molecule has 7 heteroatoms. The summed E-state index contributed by atoms with van der Waals surface area (Å²) in [5.41, 5.74) is 1.96. The number of rotatable bonds is 7. The molecule has 154 valence electrons. The first-order chi connectivity index (χ1) is 14.4. The number of carbonyl (C=O) groups excluding carboxylic acids is 2. The maximum atomic E-state index is 12.7. The van der Waals surface area contributed by atoms with Crippen molar-refractivity contribution >= 4 is 17.4 Å². The lowest BCUT2D eigenvalue weighted by Gasteiger charge is -2.15. The third kappa shape index (κ3) is 4.81. The number of anilines is 1. The first-order valence-electron chi connectivity index (χ1n) is 9.64. The smallest absolute Gasteiger partial charge is 0.267 e. The molecule has 0 spiro atoms. The SMILES string of the molecule is CCOc1ccc(-c2ccc(=O)n(C(C)C(=O)Nc3cccc(C(C)=O)c3)n2)cc1. The fraction of sp³-hybridized carbons (Fsp3) is 0.217. The minimum atomic E-state index is -0.846. The van der Waals surface area contributed by atoms with Gasteiger partial charge >= 0.3 is 0 Å². The van der Waals surface area contributed by atoms with Crippen molar-refractivity contribution in [1.29, 1.82) is 0 Å². The number of hydrogen-bond acceptors (Lipinski definition) is 5. The van der Waals surface area contributed by atoms with Crippen molar-refractivity contribution in [3.63, 3.8) is 0 Å². The second-order valence-corrected chi connectivity index (χ2v) is 6.76. The van der Waals surface area contributed by atoms with Gasteiger partial charge in [0.2, 0.25) is 5.91 Å². The second-order valence-electron chi connectivity index (χ2n) is 6.76. The molecule has 0 fully saturated rings. The fourth-order valence-corrected chi connectivity index (χ4v) is 2.92. The third-order valence-electron chi connectivity index (χ3n) is 4.57. The molecule has 1 N–H and O–H groups in total. The zero-order chi connectivity index (χ0) is 21.7. The van der Waals surface area contributed by atoms with Gasteiger partial charge in [0.25, 0.3) is 5.56 Å². The van der Waals surface area contributed by atoms with Crippen LogP contribution in [0.25, 0.3) is 11.3 Å². The van der Waals surface area contributed by atoms with E-state index in [1.165, 1.54) is 13.0 Å². The standard InChI is InChI=1S/C23H23N3O4/c1-4-30-20-10-8-17(9-11-20)21-12-13-22(28)26(25-21)15(2)23(29)24-19-7-5-6-18(14-19)16(3)27/h5-15H,4H2,1-3H3,(H,24,29). The topological polar surface area (TPSA) is 90.3 Å². The van der Waals surface area contributed by atoms with E-state index in [4.69, 9.17) is 4.74 Å². The van der Waals surface area contributed by atoms with Gasteiger partial charge in [-0.3, -0.25) is 14.4 Å². The number of hydrogen-bond donors (Lipinski definition) is 1. The summed E-state index contributed by atoms with van der Waals surface area (Å²) in [5, 5.41) is 7.11. The Balaban J connectivity index is 1.83. The largest absolute Gasteiger partial charge is 0.494 e. The average molecular weight is 405 g/mol. The summed E-state index contributed by atoms with van der Waals surface area (Å²) in [6.45, 7) is 5.54. The summed E-state index contributed by atoms with van der Waals surface area (Å²) in [6.07, 6.45) is 0. The van der Waals surface area contributed by atoms with Crippen LogP contribution in [0.3, 0.4) is 0 Å². The van der Waals surface area contributed by atoms with Gasteiger partial charge in [-0.05, 0) is 63.2 Å².